The van der Waals surface area contributed by atoms with Crippen LogP contribution in [-0.4, -0.2) is 51.4 Å². The van der Waals surface area contributed by atoms with Gasteiger partial charge in [-0.25, -0.2) is 8.42 Å². The van der Waals surface area contributed by atoms with Gasteiger partial charge in [0.2, 0.25) is 15.9 Å². The van der Waals surface area contributed by atoms with Crippen molar-refractivity contribution in [2.45, 2.75) is 17.9 Å². The Morgan fingerprint density at radius 1 is 1.00 bits per heavy atom. The standard InChI is InChI=1S/C19H20Cl3N3O3S/c1-13(23-29(27,28)18-12-15(21)5-6-17(18)22)19(26)25-9-7-24(8-10-25)16-4-2-3-14(20)11-16/h2-6,11-13,23H,7-10H2,1H3/t13-/m0/s1. The maximum absolute atomic E-state index is 12.8. The van der Waals surface area contributed by atoms with Gasteiger partial charge in [0, 0.05) is 41.9 Å². The lowest BCUT2D eigenvalue weighted by Crippen LogP contribution is -2.54. The zero-order chi connectivity index (χ0) is 21.2. The van der Waals surface area contributed by atoms with Crippen LogP contribution < -0.4 is 9.62 Å². The first-order valence-corrected chi connectivity index (χ1v) is 11.6. The quantitative estimate of drug-likeness (QED) is 0.715. The van der Waals surface area contributed by atoms with Crippen molar-refractivity contribution < 1.29 is 13.2 Å². The molecule has 10 heteroatoms. The molecule has 0 aliphatic carbocycles. The maximum Gasteiger partial charge on any atom is 0.242 e. The number of amides is 1. The van der Waals surface area contributed by atoms with Crippen molar-refractivity contribution in [1.29, 1.82) is 0 Å². The minimum Gasteiger partial charge on any atom is -0.368 e. The monoisotopic (exact) mass is 475 g/mol. The van der Waals surface area contributed by atoms with E-state index < -0.39 is 16.1 Å². The number of rotatable bonds is 5. The van der Waals surface area contributed by atoms with Crippen molar-refractivity contribution in [2.75, 3.05) is 31.1 Å². The molecule has 0 radical (unpaired) electrons. The molecule has 1 aliphatic rings. The number of halogens is 3. The van der Waals surface area contributed by atoms with E-state index in [0.29, 0.717) is 31.2 Å². The highest BCUT2D eigenvalue weighted by molar-refractivity contribution is 7.89. The Labute approximate surface area is 185 Å². The zero-order valence-corrected chi connectivity index (χ0v) is 18.7. The molecule has 0 saturated carbocycles. The summed E-state index contributed by atoms with van der Waals surface area (Å²) in [5.41, 5.74) is 0.994. The van der Waals surface area contributed by atoms with Crippen molar-refractivity contribution >= 4 is 56.4 Å². The van der Waals surface area contributed by atoms with E-state index in [4.69, 9.17) is 34.8 Å². The lowest BCUT2D eigenvalue weighted by molar-refractivity contribution is -0.132. The molecule has 0 unspecified atom stereocenters. The van der Waals surface area contributed by atoms with Gasteiger partial charge in [-0.05, 0) is 43.3 Å². The van der Waals surface area contributed by atoms with Gasteiger partial charge in [0.25, 0.3) is 0 Å². The molecule has 0 aromatic heterocycles. The molecule has 6 nitrogen and oxygen atoms in total. The number of nitrogens with one attached hydrogen (secondary N) is 1. The van der Waals surface area contributed by atoms with Gasteiger partial charge in [-0.2, -0.15) is 4.72 Å². The number of carbonyl (C=O) groups is 1. The summed E-state index contributed by atoms with van der Waals surface area (Å²) in [5, 5.41) is 0.936. The summed E-state index contributed by atoms with van der Waals surface area (Å²) in [6.07, 6.45) is 0. The fourth-order valence-electron chi connectivity index (χ4n) is 3.16. The summed E-state index contributed by atoms with van der Waals surface area (Å²) in [7, 11) is -3.99. The molecule has 29 heavy (non-hydrogen) atoms. The maximum atomic E-state index is 12.8. The number of hydrogen-bond donors (Lipinski definition) is 1. The highest BCUT2D eigenvalue weighted by Crippen LogP contribution is 2.25. The Balaban J connectivity index is 1.63. The number of benzene rings is 2. The van der Waals surface area contributed by atoms with Gasteiger partial charge in [-0.15, -0.1) is 0 Å². The normalized spacial score (nSPS) is 16.0. The van der Waals surface area contributed by atoms with Crippen molar-refractivity contribution in [3.05, 3.63) is 57.5 Å². The fourth-order valence-corrected chi connectivity index (χ4v) is 5.31. The van der Waals surface area contributed by atoms with Crippen molar-refractivity contribution in [2.24, 2.45) is 0 Å². The van der Waals surface area contributed by atoms with E-state index in [9.17, 15) is 13.2 Å². The van der Waals surface area contributed by atoms with Gasteiger partial charge < -0.3 is 9.80 Å². The number of sulfonamides is 1. The summed E-state index contributed by atoms with van der Waals surface area (Å²) < 4.78 is 27.6. The first kappa shape index (κ1) is 22.2. The second kappa shape index (κ2) is 9.10. The van der Waals surface area contributed by atoms with Gasteiger partial charge in [0.1, 0.15) is 4.90 Å². The Morgan fingerprint density at radius 2 is 1.66 bits per heavy atom. The van der Waals surface area contributed by atoms with Gasteiger partial charge in [-0.1, -0.05) is 40.9 Å². The van der Waals surface area contributed by atoms with E-state index in [0.717, 1.165) is 5.69 Å². The van der Waals surface area contributed by atoms with Crippen molar-refractivity contribution in [3.63, 3.8) is 0 Å². The van der Waals surface area contributed by atoms with Gasteiger partial charge in [-0.3, -0.25) is 4.79 Å². The smallest absolute Gasteiger partial charge is 0.242 e. The van der Waals surface area contributed by atoms with E-state index in [1.165, 1.54) is 25.1 Å². The van der Waals surface area contributed by atoms with E-state index in [2.05, 4.69) is 9.62 Å². The molecule has 1 atom stereocenters. The minimum atomic E-state index is -3.99. The second-order valence-electron chi connectivity index (χ2n) is 6.71. The molecule has 3 rings (SSSR count). The highest BCUT2D eigenvalue weighted by Gasteiger charge is 2.29. The average molecular weight is 477 g/mol. The third-order valence-electron chi connectivity index (χ3n) is 4.65. The molecule has 1 aliphatic heterocycles. The molecule has 1 saturated heterocycles. The number of hydrogen-bond acceptors (Lipinski definition) is 4. The van der Waals surface area contributed by atoms with E-state index in [-0.39, 0.29) is 20.8 Å². The van der Waals surface area contributed by atoms with Crippen LogP contribution in [0.3, 0.4) is 0 Å². The predicted octanol–water partition coefficient (Wildman–Crippen LogP) is 3.66. The lowest BCUT2D eigenvalue weighted by atomic mass is 10.2. The van der Waals surface area contributed by atoms with E-state index in [1.807, 2.05) is 24.3 Å². The molecule has 1 heterocycles. The summed E-state index contributed by atoms with van der Waals surface area (Å²) in [6.45, 7) is 3.74. The third kappa shape index (κ3) is 5.35. The second-order valence-corrected chi connectivity index (χ2v) is 9.67. The molecule has 0 spiro atoms. The first-order valence-electron chi connectivity index (χ1n) is 8.94. The average Bonchev–Trinajstić information content (AvgIpc) is 2.69. The molecular weight excluding hydrogens is 457 g/mol. The Hall–Kier alpha value is -1.51. The fraction of sp³-hybridized carbons (Fsp3) is 0.316. The Bertz CT molecular complexity index is 1010. The number of anilines is 1. The topological polar surface area (TPSA) is 69.7 Å². The van der Waals surface area contributed by atoms with Crippen LogP contribution in [0.2, 0.25) is 15.1 Å². The van der Waals surface area contributed by atoms with E-state index >= 15 is 0 Å². The van der Waals surface area contributed by atoms with Crippen LogP contribution in [0.5, 0.6) is 0 Å². The van der Waals surface area contributed by atoms with Crippen molar-refractivity contribution in [1.82, 2.24) is 9.62 Å². The largest absolute Gasteiger partial charge is 0.368 e. The molecule has 1 fully saturated rings. The molecule has 1 amide bonds. The van der Waals surface area contributed by atoms with Crippen LogP contribution >= 0.6 is 34.8 Å². The van der Waals surface area contributed by atoms with Crippen LogP contribution in [0.15, 0.2) is 47.4 Å². The van der Waals surface area contributed by atoms with Crippen LogP contribution in [-0.2, 0) is 14.8 Å². The molecule has 0 bridgehead atoms. The van der Waals surface area contributed by atoms with Crippen LogP contribution in [0.4, 0.5) is 5.69 Å². The van der Waals surface area contributed by atoms with Crippen molar-refractivity contribution in [3.8, 4) is 0 Å². The number of carbonyl (C=O) groups excluding carboxylic acids is 1. The highest BCUT2D eigenvalue weighted by atomic mass is 35.5. The van der Waals surface area contributed by atoms with E-state index in [1.54, 1.807) is 4.90 Å². The van der Waals surface area contributed by atoms with Gasteiger partial charge in [0.05, 0.1) is 11.1 Å². The molecule has 1 N–H and O–H groups in total. The molecule has 156 valence electrons. The summed E-state index contributed by atoms with van der Waals surface area (Å²) in [6, 6.07) is 10.8. The number of piperazine rings is 1. The lowest BCUT2D eigenvalue weighted by Gasteiger charge is -2.37. The van der Waals surface area contributed by atoms with Crippen LogP contribution in [0, 0.1) is 0 Å². The molecular formula is C19H20Cl3N3O3S. The third-order valence-corrected chi connectivity index (χ3v) is 7.14. The van der Waals surface area contributed by atoms with Crippen LogP contribution in [0.1, 0.15) is 6.92 Å². The summed E-state index contributed by atoms with van der Waals surface area (Å²) in [4.78, 5) is 16.4. The minimum absolute atomic E-state index is 0.0386. The van der Waals surface area contributed by atoms with Gasteiger partial charge in [0.15, 0.2) is 0 Å². The SMILES string of the molecule is C[C@H](NS(=O)(=O)c1cc(Cl)ccc1Cl)C(=O)N1CCN(c2cccc(Cl)c2)CC1. The van der Waals surface area contributed by atoms with Gasteiger partial charge >= 0.3 is 0 Å². The Kier molecular flexibility index (Phi) is 6.96. The van der Waals surface area contributed by atoms with Crippen LogP contribution in [0.25, 0.3) is 0 Å². The molecule has 2 aromatic rings. The molecule has 2 aromatic carbocycles. The predicted molar refractivity (Wildman–Crippen MR) is 116 cm³/mol. The Morgan fingerprint density at radius 3 is 2.31 bits per heavy atom. The first-order chi connectivity index (χ1) is 13.7. The number of nitrogens with zero attached hydrogens (tertiary/aromatic N) is 2. The zero-order valence-electron chi connectivity index (χ0n) is 15.6. The summed E-state index contributed by atoms with van der Waals surface area (Å²) in [5.74, 6) is -0.294. The summed E-state index contributed by atoms with van der Waals surface area (Å²) >= 11 is 17.9.